The molecule has 0 spiro atoms. The molecule has 0 saturated carbocycles. The number of amides is 8. The summed E-state index contributed by atoms with van der Waals surface area (Å²) >= 11 is 48.4. The van der Waals surface area contributed by atoms with Crippen LogP contribution in [0.3, 0.4) is 0 Å². The molecule has 0 atom stereocenters. The maximum Gasteiger partial charge on any atom is 0.259 e. The van der Waals surface area contributed by atoms with E-state index < -0.39 is 47.3 Å². The van der Waals surface area contributed by atoms with Gasteiger partial charge in [0.2, 0.25) is 0 Å². The lowest BCUT2D eigenvalue weighted by Gasteiger charge is -2.29. The summed E-state index contributed by atoms with van der Waals surface area (Å²) in [5, 5.41) is 49.3. The first-order valence-electron chi connectivity index (χ1n) is 44.1. The molecule has 4 aromatic heterocycles. The Morgan fingerprint density at radius 3 is 0.793 bits per heavy atom. The van der Waals surface area contributed by atoms with Crippen molar-refractivity contribution in [2.75, 3.05) is 115 Å². The minimum Gasteiger partial charge on any atom is -0.492 e. The molecule has 2 saturated heterocycles. The second-order valence-electron chi connectivity index (χ2n) is 31.1. The number of ether oxygens (including phenoxy) is 4. The molecule has 15 rings (SSSR count). The molecule has 0 unspecified atom stereocenters. The molecule has 8 amide bonds. The number of nitrogens with zero attached hydrogens (tertiary/aromatic N) is 8. The minimum atomic E-state index is -0.534. The zero-order valence-electron chi connectivity index (χ0n) is 76.4. The fraction of sp³-hybridized carbons (Fsp3) is 0.208. The maximum atomic E-state index is 13.2. The lowest BCUT2D eigenvalue weighted by molar-refractivity contribution is 0.101. The van der Waals surface area contributed by atoms with Gasteiger partial charge in [-0.3, -0.25) is 54.2 Å². The third-order valence-corrected chi connectivity index (χ3v) is 23.0. The Morgan fingerprint density at radius 2 is 0.557 bits per heavy atom. The zero-order chi connectivity index (χ0) is 100. The number of benzene rings is 8. The first kappa shape index (κ1) is 105. The topological polar surface area (TPSA) is 415 Å². The monoisotopic (exact) mass is 2050 g/mol. The number of carbonyl (C=O) groups is 8. The molecule has 7 heterocycles. The van der Waals surface area contributed by atoms with Gasteiger partial charge in [-0.1, -0.05) is 141 Å². The number of pyridine rings is 4. The number of carbonyl (C=O) groups excluding carboxylic acids is 8. The van der Waals surface area contributed by atoms with Crippen LogP contribution in [-0.2, 0) is 0 Å². The largest absolute Gasteiger partial charge is 0.492 e. The van der Waals surface area contributed by atoms with Crippen molar-refractivity contribution in [1.82, 2.24) is 34.6 Å². The third-order valence-electron chi connectivity index (χ3n) is 21.3. The summed E-state index contributed by atoms with van der Waals surface area (Å²) in [6, 6.07) is 52.0. The normalized spacial score (nSPS) is 12.3. The van der Waals surface area contributed by atoms with Crippen LogP contribution in [0.1, 0.15) is 172 Å². The fourth-order valence-corrected chi connectivity index (χ4v) is 15.7. The van der Waals surface area contributed by atoms with Gasteiger partial charge in [0.1, 0.15) is 63.8 Å². The molecule has 12 aromatic rings. The van der Waals surface area contributed by atoms with Crippen molar-refractivity contribution in [1.29, 1.82) is 16.2 Å². The lowest BCUT2D eigenvalue weighted by Crippen LogP contribution is -2.35. The minimum absolute atomic E-state index is 0.109. The number of aromatic nitrogens is 4. The number of anilines is 8. The number of aliphatic imine (C=N–C) groups is 1. The molecule has 2 fully saturated rings. The summed E-state index contributed by atoms with van der Waals surface area (Å²) in [4.78, 5) is 132. The van der Waals surface area contributed by atoms with Crippen molar-refractivity contribution in [3.63, 3.8) is 0 Å². The van der Waals surface area contributed by atoms with E-state index >= 15 is 0 Å². The summed E-state index contributed by atoms with van der Waals surface area (Å²) in [6.07, 6.45) is 11.2. The van der Waals surface area contributed by atoms with Gasteiger partial charge in [0, 0.05) is 154 Å². The maximum absolute atomic E-state index is 13.2. The molecule has 3 aliphatic rings. The highest BCUT2D eigenvalue weighted by Crippen LogP contribution is 2.40. The number of likely N-dealkylation sites (tertiary alicyclic amines) is 2. The molecule has 722 valence electrons. The van der Waals surface area contributed by atoms with Gasteiger partial charge in [0.25, 0.3) is 47.3 Å². The van der Waals surface area contributed by atoms with E-state index in [-0.39, 0.29) is 106 Å². The fourth-order valence-electron chi connectivity index (χ4n) is 14.4. The van der Waals surface area contributed by atoms with Crippen LogP contribution >= 0.6 is 92.8 Å². The van der Waals surface area contributed by atoms with Crippen molar-refractivity contribution in [3.05, 3.63) is 326 Å². The van der Waals surface area contributed by atoms with Crippen molar-refractivity contribution in [2.45, 2.75) is 66.7 Å². The smallest absolute Gasteiger partial charge is 0.259 e. The number of hydrogen-bond donors (Lipinski definition) is 11. The second kappa shape index (κ2) is 50.3. The van der Waals surface area contributed by atoms with Gasteiger partial charge >= 0.3 is 0 Å². The standard InChI is InChI=1S/C27H27Cl2N5O3.C26H25Cl2N5O3.C25H23Cl2N5O3.C23H20Cl2N4O3/c1-2-37-22-15-20(29)14-21(27(36)32-23-11-10-19(28)16-31-23)24(22)33-26(35)18-8-6-17(7-9-18)25(30)34-12-4-3-5-13-34;1-2-36-21-14-19(28)13-20(26(35)31-22-10-9-18(27)15-30-22)23(21)32-25(34)17-7-5-16(6-8-17)24(29)33-11-3-4-12-33;1-3-35-20-13-18(27)12-19(25(34)30-21-9-8-17(26)14-29-21)22(20)31-24(33)16-6-4-15(5-7-16)23-28-10-11-32(23)2;1-3-32-19-11-17(25)10-18(23(31)28-20-9-8-16(24)12-27-20)21(19)29-22(30)15-6-4-14(5-7-15)13(2)26/h6-11,14-16,30H,2-5,12-13H2,1H3,(H,33,35)(H,31,32,36);5-10,13-15,29H,2-4,11-12H2,1H3,(H,32,34)(H,30,31,35);4-9,12-14H,3,10-11H2,1-2H3,(H,31,33)(H,29,30,34);4-12,26H,3H2,1-2H3,(H,29,30)(H,27,28,31). The first-order valence-corrected chi connectivity index (χ1v) is 47.1. The third kappa shape index (κ3) is 28.7. The Balaban J connectivity index is 0.000000167. The average Bonchev–Trinajstić information content (AvgIpc) is 0.891. The van der Waals surface area contributed by atoms with Crippen LogP contribution in [0, 0.1) is 16.2 Å². The van der Waals surface area contributed by atoms with Crippen LogP contribution in [0.15, 0.2) is 224 Å². The number of likely N-dealkylation sites (N-methyl/N-ethyl adjacent to an activating group) is 1. The van der Waals surface area contributed by atoms with E-state index in [4.69, 9.17) is 128 Å². The van der Waals surface area contributed by atoms with Crippen LogP contribution in [0.25, 0.3) is 0 Å². The van der Waals surface area contributed by atoms with Crippen LogP contribution < -0.4 is 61.5 Å². The van der Waals surface area contributed by atoms with Crippen molar-refractivity contribution < 1.29 is 57.3 Å². The quantitative estimate of drug-likeness (QED) is 0.0160. The van der Waals surface area contributed by atoms with Crippen LogP contribution in [0.4, 0.5) is 46.0 Å². The predicted molar refractivity (Wildman–Crippen MR) is 553 cm³/mol. The summed E-state index contributed by atoms with van der Waals surface area (Å²) in [6.45, 7) is 15.1. The van der Waals surface area contributed by atoms with Gasteiger partial charge in [0.15, 0.2) is 0 Å². The van der Waals surface area contributed by atoms with Crippen LogP contribution in [0.2, 0.25) is 40.2 Å². The molecule has 3 aliphatic heterocycles. The zero-order valence-corrected chi connectivity index (χ0v) is 82.4. The van der Waals surface area contributed by atoms with E-state index in [9.17, 15) is 38.4 Å². The van der Waals surface area contributed by atoms with E-state index in [1.54, 1.807) is 186 Å². The second-order valence-corrected chi connectivity index (χ2v) is 34.6. The van der Waals surface area contributed by atoms with E-state index in [1.807, 2.05) is 24.1 Å². The van der Waals surface area contributed by atoms with Crippen molar-refractivity contribution in [3.8, 4) is 23.0 Å². The molecule has 0 aliphatic carbocycles. The Kier molecular flexibility index (Phi) is 37.6. The first-order chi connectivity index (χ1) is 67.3. The predicted octanol–water partition coefficient (Wildman–Crippen LogP) is 22.5. The molecule has 39 heteroatoms. The van der Waals surface area contributed by atoms with Crippen LogP contribution in [-0.4, -0.2) is 178 Å². The lowest BCUT2D eigenvalue weighted by atomic mass is 10.1. The van der Waals surface area contributed by atoms with E-state index in [1.165, 1.54) is 61.5 Å². The Morgan fingerprint density at radius 1 is 0.307 bits per heavy atom. The van der Waals surface area contributed by atoms with Crippen LogP contribution in [0.5, 0.6) is 23.0 Å². The highest BCUT2D eigenvalue weighted by Gasteiger charge is 2.29. The van der Waals surface area contributed by atoms with E-state index in [2.05, 4.69) is 77.3 Å². The number of piperidine rings is 1. The Labute approximate surface area is 847 Å². The highest BCUT2D eigenvalue weighted by atomic mass is 35.5. The van der Waals surface area contributed by atoms with Gasteiger partial charge < -0.3 is 81.6 Å². The molecule has 0 radical (unpaired) electrons. The highest BCUT2D eigenvalue weighted by molar-refractivity contribution is 6.35. The van der Waals surface area contributed by atoms with Crippen molar-refractivity contribution in [2.24, 2.45) is 4.99 Å². The molecule has 8 aromatic carbocycles. The van der Waals surface area contributed by atoms with Crippen molar-refractivity contribution >= 4 is 209 Å². The number of hydrogen-bond acceptors (Lipinski definition) is 21. The van der Waals surface area contributed by atoms with Gasteiger partial charge in [-0.2, -0.15) is 0 Å². The molecule has 140 heavy (non-hydrogen) atoms. The average molecular weight is 2050 g/mol. The molecule has 31 nitrogen and oxygen atoms in total. The number of nitrogens with one attached hydrogen (secondary N) is 11. The molecular weight excluding hydrogens is 1950 g/mol. The molecule has 0 bridgehead atoms. The number of halogens is 8. The summed E-state index contributed by atoms with van der Waals surface area (Å²) < 4.78 is 22.7. The van der Waals surface area contributed by atoms with Gasteiger partial charge in [-0.25, -0.2) is 19.9 Å². The van der Waals surface area contributed by atoms with E-state index in [0.717, 1.165) is 87.5 Å². The summed E-state index contributed by atoms with van der Waals surface area (Å²) in [7, 11) is 1.98. The van der Waals surface area contributed by atoms with Gasteiger partial charge in [-0.05, 0) is 194 Å². The number of rotatable bonds is 28. The number of amidine groups is 3. The SMILES string of the molecule is CCOc1cc(Cl)cc(C(=O)Nc2ccc(Cl)cn2)c1NC(=O)c1ccc(C(=N)N2CCCC2)cc1.CCOc1cc(Cl)cc(C(=O)Nc2ccc(Cl)cn2)c1NC(=O)c1ccc(C(=N)N2CCCCC2)cc1.CCOc1cc(Cl)cc(C(=O)Nc2ccc(Cl)cn2)c1NC(=O)c1ccc(C(C)=N)cc1.CCOc1cc(Cl)cc(C(=O)Nc2ccc(Cl)cn2)c1NC(=O)c1ccc(C2=NCCN2C)cc1. The Bertz CT molecular complexity index is 6580. The van der Waals surface area contributed by atoms with Gasteiger partial charge in [-0.15, -0.1) is 0 Å². The van der Waals surface area contributed by atoms with E-state index in [0.29, 0.717) is 97.5 Å². The molecule has 11 N–H and O–H groups in total. The Hall–Kier alpha value is -14.3. The van der Waals surface area contributed by atoms with Gasteiger partial charge in [0.05, 0.1) is 98.1 Å². The summed E-state index contributed by atoms with van der Waals surface area (Å²) in [5.41, 5.74) is 6.26. The molecular formula is C101H95Cl8N19O12. The summed E-state index contributed by atoms with van der Waals surface area (Å²) in [5.74, 6) is 0.198.